The topological polar surface area (TPSA) is 59.2 Å². The zero-order valence-electron chi connectivity index (χ0n) is 13.4. The van der Waals surface area contributed by atoms with Crippen LogP contribution < -0.4 is 0 Å². The first-order valence-electron chi connectivity index (χ1n) is 7.43. The van der Waals surface area contributed by atoms with Crippen molar-refractivity contribution < 1.29 is 9.32 Å². The fourth-order valence-corrected chi connectivity index (χ4v) is 2.67. The van der Waals surface area contributed by atoms with Crippen LogP contribution in [0.5, 0.6) is 0 Å². The number of carbonyl (C=O) groups is 1. The number of hydrogen-bond donors (Lipinski definition) is 0. The predicted octanol–water partition coefficient (Wildman–Crippen LogP) is 3.92. The lowest BCUT2D eigenvalue weighted by atomic mass is 10.1. The SMILES string of the molecule is Cc1cccc(-c2noc(CN(C)C(=O)c3ccc(I)cc3)n2)c1. The van der Waals surface area contributed by atoms with Crippen molar-refractivity contribution >= 4 is 28.5 Å². The molecule has 6 heteroatoms. The number of amides is 1. The quantitative estimate of drug-likeness (QED) is 0.586. The second kappa shape index (κ2) is 7.12. The molecule has 0 atom stereocenters. The van der Waals surface area contributed by atoms with Crippen LogP contribution in [0, 0.1) is 10.5 Å². The summed E-state index contributed by atoms with van der Waals surface area (Å²) in [5.74, 6) is 0.860. The van der Waals surface area contributed by atoms with Crippen molar-refractivity contribution in [1.82, 2.24) is 15.0 Å². The normalized spacial score (nSPS) is 10.6. The van der Waals surface area contributed by atoms with Crippen molar-refractivity contribution in [2.75, 3.05) is 7.05 Å². The molecule has 0 bridgehead atoms. The second-order valence-electron chi connectivity index (χ2n) is 5.55. The van der Waals surface area contributed by atoms with Crippen molar-refractivity contribution in [2.45, 2.75) is 13.5 Å². The highest BCUT2D eigenvalue weighted by atomic mass is 127. The standard InChI is InChI=1S/C18H16IN3O2/c1-12-4-3-5-14(10-12)17-20-16(24-21-17)11-22(2)18(23)13-6-8-15(19)9-7-13/h3-10H,11H2,1-2H3. The number of hydrogen-bond acceptors (Lipinski definition) is 4. The molecule has 1 heterocycles. The number of aryl methyl sites for hydroxylation is 1. The number of nitrogens with zero attached hydrogens (tertiary/aromatic N) is 3. The maximum absolute atomic E-state index is 12.4. The Morgan fingerprint density at radius 1 is 1.21 bits per heavy atom. The Hall–Kier alpha value is -2.22. The van der Waals surface area contributed by atoms with Crippen LogP contribution in [0.4, 0.5) is 0 Å². The first-order valence-corrected chi connectivity index (χ1v) is 8.51. The molecule has 0 aliphatic rings. The molecule has 1 aromatic heterocycles. The molecule has 0 N–H and O–H groups in total. The molecular weight excluding hydrogens is 417 g/mol. The first-order chi connectivity index (χ1) is 11.5. The van der Waals surface area contributed by atoms with E-state index in [-0.39, 0.29) is 12.5 Å². The van der Waals surface area contributed by atoms with E-state index in [9.17, 15) is 4.79 Å². The molecule has 0 aliphatic carbocycles. The fraction of sp³-hybridized carbons (Fsp3) is 0.167. The van der Waals surface area contributed by atoms with Crippen LogP contribution >= 0.6 is 22.6 Å². The summed E-state index contributed by atoms with van der Waals surface area (Å²) in [5, 5.41) is 4.00. The summed E-state index contributed by atoms with van der Waals surface area (Å²) in [6.45, 7) is 2.28. The van der Waals surface area contributed by atoms with E-state index in [1.54, 1.807) is 11.9 Å². The van der Waals surface area contributed by atoms with Crippen molar-refractivity contribution in [3.63, 3.8) is 0 Å². The van der Waals surface area contributed by atoms with Crippen LogP contribution in [-0.2, 0) is 6.54 Å². The Morgan fingerprint density at radius 2 is 1.96 bits per heavy atom. The summed E-state index contributed by atoms with van der Waals surface area (Å²) in [6, 6.07) is 15.3. The number of carbonyl (C=O) groups excluding carboxylic acids is 1. The Morgan fingerprint density at radius 3 is 2.67 bits per heavy atom. The van der Waals surface area contributed by atoms with Crippen LogP contribution in [0.1, 0.15) is 21.8 Å². The van der Waals surface area contributed by atoms with Gasteiger partial charge in [0.1, 0.15) is 0 Å². The molecule has 0 fully saturated rings. The van der Waals surface area contributed by atoms with Gasteiger partial charge in [0, 0.05) is 21.7 Å². The van der Waals surface area contributed by atoms with Gasteiger partial charge in [-0.1, -0.05) is 28.9 Å². The van der Waals surface area contributed by atoms with Crippen molar-refractivity contribution in [2.24, 2.45) is 0 Å². The molecule has 0 unspecified atom stereocenters. The Kier molecular flexibility index (Phi) is 4.94. The van der Waals surface area contributed by atoms with E-state index in [4.69, 9.17) is 4.52 Å². The highest BCUT2D eigenvalue weighted by Gasteiger charge is 2.16. The minimum absolute atomic E-state index is 0.0818. The van der Waals surface area contributed by atoms with E-state index < -0.39 is 0 Å². The average molecular weight is 433 g/mol. The van der Waals surface area contributed by atoms with E-state index in [0.717, 1.165) is 14.7 Å². The summed E-state index contributed by atoms with van der Waals surface area (Å²) in [7, 11) is 1.72. The van der Waals surface area contributed by atoms with Crippen LogP contribution in [-0.4, -0.2) is 28.0 Å². The van der Waals surface area contributed by atoms with Gasteiger partial charge in [0.05, 0.1) is 6.54 Å². The van der Waals surface area contributed by atoms with E-state index in [1.807, 2.05) is 55.5 Å². The minimum atomic E-state index is -0.0818. The predicted molar refractivity (Wildman–Crippen MR) is 99.4 cm³/mol. The lowest BCUT2D eigenvalue weighted by molar-refractivity contribution is 0.0769. The van der Waals surface area contributed by atoms with Crippen LogP contribution in [0.25, 0.3) is 11.4 Å². The van der Waals surface area contributed by atoms with E-state index in [1.165, 1.54) is 0 Å². The summed E-state index contributed by atoms with van der Waals surface area (Å²) in [5.41, 5.74) is 2.66. The zero-order chi connectivity index (χ0) is 17.1. The van der Waals surface area contributed by atoms with Gasteiger partial charge in [0.25, 0.3) is 5.91 Å². The highest BCUT2D eigenvalue weighted by molar-refractivity contribution is 14.1. The summed E-state index contributed by atoms with van der Waals surface area (Å²) >= 11 is 2.21. The summed E-state index contributed by atoms with van der Waals surface area (Å²) in [4.78, 5) is 18.4. The largest absolute Gasteiger partial charge is 0.337 e. The minimum Gasteiger partial charge on any atom is -0.337 e. The molecule has 2 aromatic carbocycles. The molecule has 0 saturated carbocycles. The molecule has 3 aromatic rings. The molecule has 0 spiro atoms. The smallest absolute Gasteiger partial charge is 0.254 e. The molecule has 122 valence electrons. The van der Waals surface area contributed by atoms with E-state index in [0.29, 0.717) is 17.3 Å². The van der Waals surface area contributed by atoms with Gasteiger partial charge in [-0.2, -0.15) is 4.98 Å². The summed E-state index contributed by atoms with van der Waals surface area (Å²) < 4.78 is 6.37. The Labute approximate surface area is 153 Å². The van der Waals surface area contributed by atoms with Gasteiger partial charge in [0.2, 0.25) is 11.7 Å². The van der Waals surface area contributed by atoms with Gasteiger partial charge >= 0.3 is 0 Å². The number of aromatic nitrogens is 2. The van der Waals surface area contributed by atoms with Gasteiger partial charge in [-0.25, -0.2) is 0 Å². The molecule has 5 nitrogen and oxygen atoms in total. The third-order valence-corrected chi connectivity index (χ3v) is 4.27. The molecule has 0 radical (unpaired) electrons. The number of benzene rings is 2. The Balaban J connectivity index is 1.72. The average Bonchev–Trinajstić information content (AvgIpc) is 3.03. The maximum Gasteiger partial charge on any atom is 0.254 e. The number of halogens is 1. The molecule has 1 amide bonds. The molecule has 0 saturated heterocycles. The zero-order valence-corrected chi connectivity index (χ0v) is 15.5. The monoisotopic (exact) mass is 433 g/mol. The second-order valence-corrected chi connectivity index (χ2v) is 6.79. The van der Waals surface area contributed by atoms with E-state index >= 15 is 0 Å². The van der Waals surface area contributed by atoms with Gasteiger partial charge < -0.3 is 9.42 Å². The van der Waals surface area contributed by atoms with Crippen LogP contribution in [0.15, 0.2) is 53.1 Å². The highest BCUT2D eigenvalue weighted by Crippen LogP contribution is 2.18. The maximum atomic E-state index is 12.4. The Bertz CT molecular complexity index is 859. The number of rotatable bonds is 4. The van der Waals surface area contributed by atoms with Crippen molar-refractivity contribution in [1.29, 1.82) is 0 Å². The fourth-order valence-electron chi connectivity index (χ4n) is 2.31. The van der Waals surface area contributed by atoms with Crippen LogP contribution in [0.2, 0.25) is 0 Å². The van der Waals surface area contributed by atoms with Gasteiger partial charge in [0.15, 0.2) is 0 Å². The lowest BCUT2D eigenvalue weighted by Crippen LogP contribution is -2.26. The van der Waals surface area contributed by atoms with Gasteiger partial charge in [-0.05, 0) is 59.8 Å². The van der Waals surface area contributed by atoms with Crippen molar-refractivity contribution in [3.05, 3.63) is 69.1 Å². The lowest BCUT2D eigenvalue weighted by Gasteiger charge is -2.14. The molecule has 24 heavy (non-hydrogen) atoms. The van der Waals surface area contributed by atoms with E-state index in [2.05, 4.69) is 32.7 Å². The third-order valence-electron chi connectivity index (χ3n) is 3.55. The molecular formula is C18H16IN3O2. The van der Waals surface area contributed by atoms with Crippen LogP contribution in [0.3, 0.4) is 0 Å². The first kappa shape index (κ1) is 16.6. The third kappa shape index (κ3) is 3.81. The van der Waals surface area contributed by atoms with Gasteiger partial charge in [-0.3, -0.25) is 4.79 Å². The summed E-state index contributed by atoms with van der Waals surface area (Å²) in [6.07, 6.45) is 0. The molecule has 0 aliphatic heterocycles. The van der Waals surface area contributed by atoms with Crippen molar-refractivity contribution in [3.8, 4) is 11.4 Å². The molecule has 3 rings (SSSR count). The van der Waals surface area contributed by atoms with Gasteiger partial charge in [-0.15, -0.1) is 0 Å².